The molecule has 0 aromatic heterocycles. The zero-order valence-electron chi connectivity index (χ0n) is 12.1. The van der Waals surface area contributed by atoms with Crippen LogP contribution in [0.2, 0.25) is 0 Å². The quantitative estimate of drug-likeness (QED) is 0.757. The van der Waals surface area contributed by atoms with Gasteiger partial charge in [0.1, 0.15) is 11.8 Å². The first-order chi connectivity index (χ1) is 9.15. The molecule has 0 heterocycles. The Morgan fingerprint density at radius 3 is 2.63 bits per heavy atom. The van der Waals surface area contributed by atoms with Gasteiger partial charge >= 0.3 is 0 Å². The lowest BCUT2D eigenvalue weighted by Gasteiger charge is -2.27. The van der Waals surface area contributed by atoms with Crippen molar-refractivity contribution in [2.45, 2.75) is 26.4 Å². The van der Waals surface area contributed by atoms with Crippen LogP contribution in [-0.2, 0) is 11.3 Å². The smallest absolute Gasteiger partial charge is 0.136 e. The first-order valence-electron chi connectivity index (χ1n) is 6.46. The molecule has 0 saturated carbocycles. The zero-order valence-corrected chi connectivity index (χ0v) is 12.1. The molecule has 0 spiro atoms. The molecule has 0 N–H and O–H groups in total. The molecule has 1 aromatic carbocycles. The Bertz CT molecular complexity index is 440. The zero-order chi connectivity index (χ0) is 14.3. The summed E-state index contributed by atoms with van der Waals surface area (Å²) < 4.78 is 10.3. The lowest BCUT2D eigenvalue weighted by molar-refractivity contribution is 0.0982. The Hall–Kier alpha value is -1.57. The van der Waals surface area contributed by atoms with E-state index in [1.165, 1.54) is 0 Å². The Balaban J connectivity index is 2.83. The van der Waals surface area contributed by atoms with Crippen LogP contribution in [0.5, 0.6) is 5.75 Å². The maximum absolute atomic E-state index is 9.10. The van der Waals surface area contributed by atoms with Gasteiger partial charge in [-0.2, -0.15) is 5.26 Å². The maximum Gasteiger partial charge on any atom is 0.136 e. The summed E-state index contributed by atoms with van der Waals surface area (Å²) in [4.78, 5) is 2.31. The average Bonchev–Trinajstić information content (AvgIpc) is 2.44. The lowest BCUT2D eigenvalue weighted by Crippen LogP contribution is -2.35. The predicted molar refractivity (Wildman–Crippen MR) is 75.1 cm³/mol. The van der Waals surface area contributed by atoms with Crippen molar-refractivity contribution >= 4 is 0 Å². The van der Waals surface area contributed by atoms with Gasteiger partial charge < -0.3 is 9.47 Å². The molecule has 0 bridgehead atoms. The van der Waals surface area contributed by atoms with E-state index in [9.17, 15) is 0 Å². The number of hydrogen-bond donors (Lipinski definition) is 0. The SMILES string of the molecule is CCN(Cc1ccc(OC)c(C#N)c1)C(C)COC. The summed E-state index contributed by atoms with van der Waals surface area (Å²) in [6.07, 6.45) is 0. The Kier molecular flexibility index (Phi) is 6.34. The number of nitriles is 1. The van der Waals surface area contributed by atoms with Crippen LogP contribution in [0, 0.1) is 11.3 Å². The Morgan fingerprint density at radius 1 is 1.37 bits per heavy atom. The van der Waals surface area contributed by atoms with E-state index < -0.39 is 0 Å². The summed E-state index contributed by atoms with van der Waals surface area (Å²) >= 11 is 0. The molecule has 0 aliphatic heterocycles. The second kappa shape index (κ2) is 7.78. The molecule has 1 aromatic rings. The van der Waals surface area contributed by atoms with Crippen molar-refractivity contribution in [2.75, 3.05) is 27.4 Å². The highest BCUT2D eigenvalue weighted by Gasteiger charge is 2.13. The number of hydrogen-bond acceptors (Lipinski definition) is 4. The molecule has 4 heteroatoms. The predicted octanol–water partition coefficient (Wildman–Crippen LogP) is 2.42. The highest BCUT2D eigenvalue weighted by molar-refractivity contribution is 5.45. The fourth-order valence-electron chi connectivity index (χ4n) is 2.10. The van der Waals surface area contributed by atoms with Crippen LogP contribution in [0.4, 0.5) is 0 Å². The van der Waals surface area contributed by atoms with Gasteiger partial charge in [-0.1, -0.05) is 13.0 Å². The molecule has 0 fully saturated rings. The fraction of sp³-hybridized carbons (Fsp3) is 0.533. The van der Waals surface area contributed by atoms with E-state index >= 15 is 0 Å². The monoisotopic (exact) mass is 262 g/mol. The third-order valence-corrected chi connectivity index (χ3v) is 3.21. The molecule has 0 amide bonds. The van der Waals surface area contributed by atoms with Gasteiger partial charge in [0, 0.05) is 19.7 Å². The van der Waals surface area contributed by atoms with Crippen molar-refractivity contribution in [3.63, 3.8) is 0 Å². The molecule has 104 valence electrons. The van der Waals surface area contributed by atoms with E-state index in [1.807, 2.05) is 18.2 Å². The minimum Gasteiger partial charge on any atom is -0.495 e. The van der Waals surface area contributed by atoms with Gasteiger partial charge in [0.2, 0.25) is 0 Å². The van der Waals surface area contributed by atoms with Gasteiger partial charge in [-0.25, -0.2) is 0 Å². The van der Waals surface area contributed by atoms with E-state index in [4.69, 9.17) is 14.7 Å². The van der Waals surface area contributed by atoms with E-state index in [2.05, 4.69) is 24.8 Å². The third kappa shape index (κ3) is 4.23. The molecule has 1 rings (SSSR count). The van der Waals surface area contributed by atoms with Crippen molar-refractivity contribution in [2.24, 2.45) is 0 Å². The summed E-state index contributed by atoms with van der Waals surface area (Å²) in [6.45, 7) is 6.72. The topological polar surface area (TPSA) is 45.5 Å². The van der Waals surface area contributed by atoms with E-state index in [0.717, 1.165) is 18.7 Å². The van der Waals surface area contributed by atoms with E-state index in [-0.39, 0.29) is 0 Å². The maximum atomic E-state index is 9.10. The number of ether oxygens (including phenoxy) is 2. The van der Waals surface area contributed by atoms with Gasteiger partial charge in [0.25, 0.3) is 0 Å². The van der Waals surface area contributed by atoms with E-state index in [1.54, 1.807) is 14.2 Å². The van der Waals surface area contributed by atoms with Crippen molar-refractivity contribution < 1.29 is 9.47 Å². The van der Waals surface area contributed by atoms with Gasteiger partial charge in [0.15, 0.2) is 0 Å². The number of rotatable bonds is 7. The molecule has 1 atom stereocenters. The number of benzene rings is 1. The molecule has 1 unspecified atom stereocenters. The largest absolute Gasteiger partial charge is 0.495 e. The van der Waals surface area contributed by atoms with Gasteiger partial charge in [0.05, 0.1) is 19.3 Å². The molecule has 4 nitrogen and oxygen atoms in total. The van der Waals surface area contributed by atoms with Crippen molar-refractivity contribution in [3.05, 3.63) is 29.3 Å². The summed E-state index contributed by atoms with van der Waals surface area (Å²) in [6, 6.07) is 8.26. The van der Waals surface area contributed by atoms with Crippen LogP contribution in [0.15, 0.2) is 18.2 Å². The minimum atomic E-state index is 0.350. The van der Waals surface area contributed by atoms with Gasteiger partial charge in [-0.3, -0.25) is 4.90 Å². The first-order valence-corrected chi connectivity index (χ1v) is 6.46. The normalized spacial score (nSPS) is 12.2. The Labute approximate surface area is 115 Å². The van der Waals surface area contributed by atoms with Crippen LogP contribution in [0.1, 0.15) is 25.0 Å². The van der Waals surface area contributed by atoms with Crippen molar-refractivity contribution in [3.8, 4) is 11.8 Å². The highest BCUT2D eigenvalue weighted by atomic mass is 16.5. The molecular formula is C15H22N2O2. The van der Waals surface area contributed by atoms with Gasteiger partial charge in [-0.05, 0) is 31.2 Å². The molecule has 0 radical (unpaired) electrons. The van der Waals surface area contributed by atoms with Gasteiger partial charge in [-0.15, -0.1) is 0 Å². The highest BCUT2D eigenvalue weighted by Crippen LogP contribution is 2.20. The minimum absolute atomic E-state index is 0.350. The Morgan fingerprint density at radius 2 is 2.11 bits per heavy atom. The standard InChI is InChI=1S/C15H22N2O2/c1-5-17(12(2)11-18-3)10-13-6-7-15(19-4)14(8-13)9-16/h6-8,12H,5,10-11H2,1-4H3. The van der Waals surface area contributed by atoms with Crippen LogP contribution >= 0.6 is 0 Å². The average molecular weight is 262 g/mol. The number of methoxy groups -OCH3 is 2. The second-order valence-corrected chi connectivity index (χ2v) is 4.51. The van der Waals surface area contributed by atoms with Crippen LogP contribution in [0.3, 0.4) is 0 Å². The molecule has 19 heavy (non-hydrogen) atoms. The van der Waals surface area contributed by atoms with Crippen LogP contribution in [-0.4, -0.2) is 38.3 Å². The van der Waals surface area contributed by atoms with Crippen molar-refractivity contribution in [1.82, 2.24) is 4.90 Å². The molecule has 0 aliphatic carbocycles. The molecular weight excluding hydrogens is 240 g/mol. The van der Waals surface area contributed by atoms with Crippen molar-refractivity contribution in [1.29, 1.82) is 5.26 Å². The summed E-state index contributed by atoms with van der Waals surface area (Å²) in [7, 11) is 3.29. The first kappa shape index (κ1) is 15.5. The number of nitrogens with zero attached hydrogens (tertiary/aromatic N) is 2. The summed E-state index contributed by atoms with van der Waals surface area (Å²) in [5.41, 5.74) is 1.69. The molecule has 0 saturated heterocycles. The van der Waals surface area contributed by atoms with E-state index in [0.29, 0.717) is 24.0 Å². The second-order valence-electron chi connectivity index (χ2n) is 4.51. The van der Waals surface area contributed by atoms with Crippen LogP contribution in [0.25, 0.3) is 0 Å². The summed E-state index contributed by atoms with van der Waals surface area (Å²) in [5, 5.41) is 9.10. The van der Waals surface area contributed by atoms with Crippen LogP contribution < -0.4 is 4.74 Å². The summed E-state index contributed by atoms with van der Waals surface area (Å²) in [5.74, 6) is 0.624. The number of likely N-dealkylation sites (N-methyl/N-ethyl adjacent to an activating group) is 1. The third-order valence-electron chi connectivity index (χ3n) is 3.21. The fourth-order valence-corrected chi connectivity index (χ4v) is 2.10. The lowest BCUT2D eigenvalue weighted by atomic mass is 10.1. The molecule has 0 aliphatic rings.